The molecule has 0 radical (unpaired) electrons. The molecule has 3 rings (SSSR count). The standard InChI is InChI=1S/C15H19NO3/c17-15(18-11-12-5-2-1-3-6-12)19-14-9-13-7-4-8-16(13)10-14/h1-3,5-6,13-14H,4,7-11H2/t13?,14-/m0/s1. The molecule has 2 fully saturated rings. The van der Waals surface area contributed by atoms with E-state index in [1.165, 1.54) is 12.8 Å². The number of rotatable bonds is 3. The Labute approximate surface area is 113 Å². The van der Waals surface area contributed by atoms with E-state index in [1.807, 2.05) is 30.3 Å². The van der Waals surface area contributed by atoms with Crippen LogP contribution in [-0.2, 0) is 16.1 Å². The molecule has 2 aliphatic rings. The van der Waals surface area contributed by atoms with Crippen LogP contribution in [0, 0.1) is 0 Å². The van der Waals surface area contributed by atoms with E-state index in [4.69, 9.17) is 9.47 Å². The van der Waals surface area contributed by atoms with Gasteiger partial charge in [-0.2, -0.15) is 0 Å². The van der Waals surface area contributed by atoms with Crippen molar-refractivity contribution in [1.82, 2.24) is 4.90 Å². The summed E-state index contributed by atoms with van der Waals surface area (Å²) in [5, 5.41) is 0. The molecule has 0 aliphatic carbocycles. The van der Waals surface area contributed by atoms with Gasteiger partial charge >= 0.3 is 6.16 Å². The van der Waals surface area contributed by atoms with E-state index < -0.39 is 6.16 Å². The summed E-state index contributed by atoms with van der Waals surface area (Å²) >= 11 is 0. The van der Waals surface area contributed by atoms with Crippen molar-refractivity contribution in [1.29, 1.82) is 0 Å². The zero-order chi connectivity index (χ0) is 13.1. The Morgan fingerprint density at radius 3 is 2.95 bits per heavy atom. The number of ether oxygens (including phenoxy) is 2. The first-order valence-corrected chi connectivity index (χ1v) is 6.92. The third-order valence-corrected chi connectivity index (χ3v) is 3.93. The molecular weight excluding hydrogens is 242 g/mol. The lowest BCUT2D eigenvalue weighted by atomic mass is 10.1. The second kappa shape index (κ2) is 5.61. The number of fused-ring (bicyclic) bond motifs is 1. The Morgan fingerprint density at radius 2 is 2.16 bits per heavy atom. The predicted octanol–water partition coefficient (Wildman–Crippen LogP) is 2.58. The van der Waals surface area contributed by atoms with Gasteiger partial charge in [0.05, 0.1) is 0 Å². The van der Waals surface area contributed by atoms with Crippen molar-refractivity contribution in [3.8, 4) is 0 Å². The first-order valence-electron chi connectivity index (χ1n) is 6.92. The van der Waals surface area contributed by atoms with Crippen LogP contribution in [0.5, 0.6) is 0 Å². The molecule has 4 heteroatoms. The lowest BCUT2D eigenvalue weighted by Crippen LogP contribution is -2.25. The summed E-state index contributed by atoms with van der Waals surface area (Å²) in [6.45, 7) is 2.29. The van der Waals surface area contributed by atoms with Crippen LogP contribution < -0.4 is 0 Å². The molecule has 0 bridgehead atoms. The van der Waals surface area contributed by atoms with Gasteiger partial charge in [-0.25, -0.2) is 4.79 Å². The van der Waals surface area contributed by atoms with Crippen LogP contribution in [0.3, 0.4) is 0 Å². The van der Waals surface area contributed by atoms with Crippen LogP contribution in [0.25, 0.3) is 0 Å². The van der Waals surface area contributed by atoms with Gasteiger partial charge in [-0.1, -0.05) is 30.3 Å². The zero-order valence-electron chi connectivity index (χ0n) is 11.0. The number of benzene rings is 1. The maximum atomic E-state index is 11.6. The molecule has 0 aromatic heterocycles. The summed E-state index contributed by atoms with van der Waals surface area (Å²) in [4.78, 5) is 14.0. The molecular formula is C15H19NO3. The molecule has 1 unspecified atom stereocenters. The fraction of sp³-hybridized carbons (Fsp3) is 0.533. The number of carbonyl (C=O) groups excluding carboxylic acids is 1. The van der Waals surface area contributed by atoms with Crippen molar-refractivity contribution in [2.24, 2.45) is 0 Å². The van der Waals surface area contributed by atoms with Crippen LogP contribution in [0.15, 0.2) is 30.3 Å². The number of carbonyl (C=O) groups is 1. The average molecular weight is 261 g/mol. The molecule has 4 nitrogen and oxygen atoms in total. The Balaban J connectivity index is 1.42. The average Bonchev–Trinajstić information content (AvgIpc) is 2.98. The Bertz CT molecular complexity index is 422. The van der Waals surface area contributed by atoms with Gasteiger partial charge < -0.3 is 9.47 Å². The maximum absolute atomic E-state index is 11.6. The first-order chi connectivity index (χ1) is 9.31. The summed E-state index contributed by atoms with van der Waals surface area (Å²) in [6, 6.07) is 10.3. The number of hydrogen-bond acceptors (Lipinski definition) is 4. The van der Waals surface area contributed by atoms with E-state index in [0.29, 0.717) is 6.04 Å². The molecule has 2 atom stereocenters. The second-order valence-electron chi connectivity index (χ2n) is 5.29. The van der Waals surface area contributed by atoms with E-state index in [2.05, 4.69) is 4.90 Å². The quantitative estimate of drug-likeness (QED) is 0.784. The highest BCUT2D eigenvalue weighted by Gasteiger charge is 2.37. The van der Waals surface area contributed by atoms with Crippen molar-refractivity contribution in [2.45, 2.75) is 38.0 Å². The van der Waals surface area contributed by atoms with Crippen LogP contribution in [0.2, 0.25) is 0 Å². The molecule has 1 aromatic carbocycles. The van der Waals surface area contributed by atoms with Crippen molar-refractivity contribution in [2.75, 3.05) is 13.1 Å². The van der Waals surface area contributed by atoms with Gasteiger partial charge in [0.1, 0.15) is 12.7 Å². The fourth-order valence-corrected chi connectivity index (χ4v) is 3.01. The van der Waals surface area contributed by atoms with Gasteiger partial charge in [0.25, 0.3) is 0 Å². The monoisotopic (exact) mass is 261 g/mol. The molecule has 102 valence electrons. The van der Waals surface area contributed by atoms with Crippen LogP contribution in [0.4, 0.5) is 4.79 Å². The SMILES string of the molecule is O=C(OCc1ccccc1)O[C@H]1CC2CCCN2C1. The normalized spacial score (nSPS) is 26.1. The minimum atomic E-state index is -0.546. The Hall–Kier alpha value is -1.55. The van der Waals surface area contributed by atoms with Crippen molar-refractivity contribution >= 4 is 6.16 Å². The highest BCUT2D eigenvalue weighted by atomic mass is 16.7. The summed E-state index contributed by atoms with van der Waals surface area (Å²) in [6.07, 6.45) is 2.93. The first kappa shape index (κ1) is 12.5. The number of hydrogen-bond donors (Lipinski definition) is 0. The van der Waals surface area contributed by atoms with E-state index in [-0.39, 0.29) is 12.7 Å². The summed E-state index contributed by atoms with van der Waals surface area (Å²) in [7, 11) is 0. The van der Waals surface area contributed by atoms with Gasteiger partial charge in [0.15, 0.2) is 0 Å². The molecule has 2 heterocycles. The summed E-state index contributed by atoms with van der Waals surface area (Å²) < 4.78 is 10.5. The van der Waals surface area contributed by atoms with Crippen molar-refractivity contribution < 1.29 is 14.3 Å². The molecule has 0 saturated carbocycles. The van der Waals surface area contributed by atoms with Gasteiger partial charge in [0.2, 0.25) is 0 Å². The smallest absolute Gasteiger partial charge is 0.430 e. The van der Waals surface area contributed by atoms with E-state index in [9.17, 15) is 4.79 Å². The third-order valence-electron chi connectivity index (χ3n) is 3.93. The molecule has 0 N–H and O–H groups in total. The molecule has 0 amide bonds. The van der Waals surface area contributed by atoms with Crippen molar-refractivity contribution in [3.63, 3.8) is 0 Å². The van der Waals surface area contributed by atoms with Gasteiger partial charge in [-0.05, 0) is 24.9 Å². The summed E-state index contributed by atoms with van der Waals surface area (Å²) in [5.74, 6) is 0. The Morgan fingerprint density at radius 1 is 1.32 bits per heavy atom. The zero-order valence-corrected chi connectivity index (χ0v) is 11.0. The van der Waals surface area contributed by atoms with Crippen molar-refractivity contribution in [3.05, 3.63) is 35.9 Å². The van der Waals surface area contributed by atoms with E-state index >= 15 is 0 Å². The van der Waals surface area contributed by atoms with Gasteiger partial charge in [-0.3, -0.25) is 4.90 Å². The number of nitrogens with zero attached hydrogens (tertiary/aromatic N) is 1. The van der Waals surface area contributed by atoms with Crippen LogP contribution in [0.1, 0.15) is 24.8 Å². The lowest BCUT2D eigenvalue weighted by molar-refractivity contribution is 0.0216. The van der Waals surface area contributed by atoms with E-state index in [0.717, 1.165) is 25.1 Å². The maximum Gasteiger partial charge on any atom is 0.508 e. The van der Waals surface area contributed by atoms with Crippen LogP contribution in [-0.4, -0.2) is 36.3 Å². The minimum absolute atomic E-state index is 0.00794. The predicted molar refractivity (Wildman–Crippen MR) is 70.7 cm³/mol. The molecule has 2 saturated heterocycles. The molecule has 2 aliphatic heterocycles. The fourth-order valence-electron chi connectivity index (χ4n) is 3.01. The molecule has 0 spiro atoms. The molecule has 1 aromatic rings. The third kappa shape index (κ3) is 3.07. The lowest BCUT2D eigenvalue weighted by Gasteiger charge is -2.13. The molecule has 19 heavy (non-hydrogen) atoms. The topological polar surface area (TPSA) is 38.8 Å². The minimum Gasteiger partial charge on any atom is -0.430 e. The Kier molecular flexibility index (Phi) is 3.69. The van der Waals surface area contributed by atoms with Crippen LogP contribution >= 0.6 is 0 Å². The second-order valence-corrected chi connectivity index (χ2v) is 5.29. The summed E-state index contributed by atoms with van der Waals surface area (Å²) in [5.41, 5.74) is 0.978. The highest BCUT2D eigenvalue weighted by Crippen LogP contribution is 2.29. The largest absolute Gasteiger partial charge is 0.508 e. The van der Waals surface area contributed by atoms with Gasteiger partial charge in [-0.15, -0.1) is 0 Å². The van der Waals surface area contributed by atoms with E-state index in [1.54, 1.807) is 0 Å². The van der Waals surface area contributed by atoms with Gasteiger partial charge in [0, 0.05) is 19.0 Å². The highest BCUT2D eigenvalue weighted by molar-refractivity contribution is 5.60.